The van der Waals surface area contributed by atoms with Gasteiger partial charge in [0, 0.05) is 57.4 Å². The zero-order valence-corrected chi connectivity index (χ0v) is 64.8. The summed E-state index contributed by atoms with van der Waals surface area (Å²) in [5.74, 6) is -5.65. The summed E-state index contributed by atoms with van der Waals surface area (Å²) < 4.78 is 36.3. The van der Waals surface area contributed by atoms with Crippen LogP contribution < -0.4 is 48.2 Å². The van der Waals surface area contributed by atoms with Crippen molar-refractivity contribution in [1.82, 2.24) is 49.8 Å². The number of primary sulfonamides is 1. The predicted molar refractivity (Wildman–Crippen MR) is 416 cm³/mol. The van der Waals surface area contributed by atoms with Crippen LogP contribution in [0, 0.1) is 0 Å². The maximum absolute atomic E-state index is 15.6. The van der Waals surface area contributed by atoms with Gasteiger partial charge >= 0.3 is 5.97 Å². The number of nitrogens with two attached hydrogens (primary N) is 5. The van der Waals surface area contributed by atoms with Crippen LogP contribution in [0.1, 0.15) is 112 Å². The molecule has 0 bridgehead atoms. The van der Waals surface area contributed by atoms with Crippen LogP contribution >= 0.6 is 11.8 Å². The molecular weight excluding hydrogens is 1440 g/mol. The number of hydrogen-bond acceptors (Lipinski definition) is 20. The minimum atomic E-state index is -4.10. The highest BCUT2D eigenvalue weighted by atomic mass is 32.2. The molecule has 30 nitrogen and oxygen atoms in total. The SMILES string of the molecule is CSCCC(NC(=O)CN(CCCCN)C(=O)CN(CCCCN)C(=O)CN(CCCCN)C(=O)CN(Cc1cccc2c1OCO2)C(=O)CN(CCc1ccc(S(N)(=O)=O)cc1)C(=O)CN(CCCCN)C(=O)CN(CCc1ccccc1)C(=O)CN(CCc1ccccc1)C(=O)CNC1CCCCC1)C(=O)O. The molecule has 0 spiro atoms. The van der Waals surface area contributed by atoms with Crippen molar-refractivity contribution in [2.24, 2.45) is 28.1 Å². The molecule has 1 atom stereocenters. The minimum absolute atomic E-state index is 0.00471. The zero-order chi connectivity index (χ0) is 78.9. The molecule has 1 aliphatic carbocycles. The molecule has 1 unspecified atom stereocenters. The fraction of sp³-hybridized carbons (Fsp3) is 0.558. The van der Waals surface area contributed by atoms with Gasteiger partial charge in [0.1, 0.15) is 12.6 Å². The summed E-state index contributed by atoms with van der Waals surface area (Å²) in [5.41, 5.74) is 26.5. The van der Waals surface area contributed by atoms with Gasteiger partial charge in [0.15, 0.2) is 11.5 Å². The van der Waals surface area contributed by atoms with E-state index < -0.39 is 115 Å². The molecule has 109 heavy (non-hydrogen) atoms. The van der Waals surface area contributed by atoms with Gasteiger partial charge in [0.25, 0.3) is 0 Å². The maximum Gasteiger partial charge on any atom is 0.326 e. The Morgan fingerprint density at radius 2 is 0.872 bits per heavy atom. The summed E-state index contributed by atoms with van der Waals surface area (Å²) in [4.78, 5) is 156. The average molecular weight is 1550 g/mol. The summed E-state index contributed by atoms with van der Waals surface area (Å²) in [6.07, 6.45) is 11.2. The minimum Gasteiger partial charge on any atom is -0.480 e. The van der Waals surface area contributed by atoms with Crippen LogP contribution in [-0.2, 0) is 83.8 Å². The second-order valence-electron chi connectivity index (χ2n) is 27.5. The van der Waals surface area contributed by atoms with E-state index in [-0.39, 0.29) is 122 Å². The molecule has 1 saturated carbocycles. The number of carbonyl (C=O) groups excluding carboxylic acids is 9. The number of benzene rings is 4. The van der Waals surface area contributed by atoms with Crippen LogP contribution in [0.5, 0.6) is 11.5 Å². The number of ether oxygens (including phenoxy) is 2. The Kier molecular flexibility index (Phi) is 39.8. The van der Waals surface area contributed by atoms with Gasteiger partial charge < -0.3 is 87.3 Å². The van der Waals surface area contributed by atoms with Gasteiger partial charge in [-0.15, -0.1) is 0 Å². The fourth-order valence-electron chi connectivity index (χ4n) is 12.7. The lowest BCUT2D eigenvalue weighted by Crippen LogP contribution is -2.53. The monoisotopic (exact) mass is 1550 g/mol. The predicted octanol–water partition coefficient (Wildman–Crippen LogP) is 2.12. The Morgan fingerprint density at radius 1 is 0.477 bits per heavy atom. The molecular formula is C77H115N15O15S2. The molecule has 13 N–H and O–H groups in total. The first-order valence-corrected chi connectivity index (χ1v) is 40.8. The third-order valence-electron chi connectivity index (χ3n) is 19.1. The van der Waals surface area contributed by atoms with E-state index in [9.17, 15) is 42.3 Å². The van der Waals surface area contributed by atoms with Crippen molar-refractivity contribution in [2.75, 3.05) is 150 Å². The first kappa shape index (κ1) is 89.1. The second-order valence-corrected chi connectivity index (χ2v) is 30.0. The topological polar surface area (TPSA) is 424 Å². The number of carboxylic acid groups (broad SMARTS) is 1. The molecule has 1 aliphatic heterocycles. The molecule has 32 heteroatoms. The highest BCUT2D eigenvalue weighted by molar-refractivity contribution is 7.98. The lowest BCUT2D eigenvalue weighted by molar-refractivity contribution is -0.149. The molecule has 4 aromatic carbocycles. The number of sulfonamides is 1. The molecule has 0 radical (unpaired) electrons. The highest BCUT2D eigenvalue weighted by Gasteiger charge is 2.34. The number of aliphatic carboxylic acids is 1. The Labute approximate surface area is 645 Å². The van der Waals surface area contributed by atoms with Crippen molar-refractivity contribution < 1.29 is 70.9 Å². The van der Waals surface area contributed by atoms with Gasteiger partial charge in [-0.05, 0) is 163 Å². The van der Waals surface area contributed by atoms with Crippen molar-refractivity contribution in [2.45, 2.75) is 133 Å². The van der Waals surface area contributed by atoms with Crippen LogP contribution in [0.4, 0.5) is 0 Å². The fourth-order valence-corrected chi connectivity index (χ4v) is 13.7. The van der Waals surface area contributed by atoms with E-state index in [2.05, 4.69) is 10.6 Å². The average Bonchev–Trinajstić information content (AvgIpc) is 1.80. The quantitative estimate of drug-likeness (QED) is 0.0293. The number of thioether (sulfide) groups is 1. The van der Waals surface area contributed by atoms with E-state index >= 15 is 19.2 Å². The van der Waals surface area contributed by atoms with Crippen molar-refractivity contribution in [3.63, 3.8) is 0 Å². The Hall–Kier alpha value is -8.76. The molecule has 6 rings (SSSR count). The molecule has 1 fully saturated rings. The van der Waals surface area contributed by atoms with Gasteiger partial charge in [-0.3, -0.25) is 43.2 Å². The van der Waals surface area contributed by atoms with Crippen molar-refractivity contribution in [1.29, 1.82) is 0 Å². The lowest BCUT2D eigenvalue weighted by Gasteiger charge is -2.33. The van der Waals surface area contributed by atoms with Crippen LogP contribution in [0.3, 0.4) is 0 Å². The molecule has 600 valence electrons. The molecule has 1 heterocycles. The van der Waals surface area contributed by atoms with Gasteiger partial charge in [0.05, 0.1) is 63.8 Å². The Morgan fingerprint density at radius 3 is 1.28 bits per heavy atom. The number of nitrogens with one attached hydrogen (secondary N) is 2. The Bertz CT molecular complexity index is 3640. The van der Waals surface area contributed by atoms with Gasteiger partial charge in [-0.1, -0.05) is 104 Å². The smallest absolute Gasteiger partial charge is 0.326 e. The van der Waals surface area contributed by atoms with Crippen LogP contribution in [0.2, 0.25) is 0 Å². The standard InChI is InChI=1S/C77H115N15O15S2/c1-108-47-35-65(77(102)103)84-67(93)50-85(40-15-11-36-78)69(95)51-86(41-16-12-37-79)70(96)52-88(43-18-14-39-81)74(100)57-92(49-62-24-19-27-66-76(62)107-58-106-66)75(101)56-91(46-34-61-28-30-64(31-29-61)109(82,104)105)72(98)53-87(42-17-13-38-80)71(97)55-90(45-33-60-22-7-3-8-23-60)73(99)54-89(44-32-59-20-5-2-6-21-59)68(94)48-83-63-25-9-4-10-26-63/h2-3,5-8,19-24,27-31,63,65,83H,4,9-18,25-26,32-58,78-81H2,1H3,(H,84,93)(H,102,103)(H2,82,104,105). The lowest BCUT2D eigenvalue weighted by atomic mass is 9.95. The van der Waals surface area contributed by atoms with E-state index in [0.717, 1.165) is 43.2 Å². The van der Waals surface area contributed by atoms with E-state index in [4.69, 9.17) is 37.5 Å². The number of unbranched alkanes of at least 4 members (excludes halogenated alkanes) is 4. The van der Waals surface area contributed by atoms with E-state index in [1.165, 1.54) is 75.2 Å². The van der Waals surface area contributed by atoms with Crippen LogP contribution in [-0.4, -0.2) is 274 Å². The first-order valence-electron chi connectivity index (χ1n) is 37.9. The van der Waals surface area contributed by atoms with Crippen molar-refractivity contribution in [3.05, 3.63) is 125 Å². The van der Waals surface area contributed by atoms with Crippen LogP contribution in [0.25, 0.3) is 0 Å². The van der Waals surface area contributed by atoms with Gasteiger partial charge in [-0.2, -0.15) is 11.8 Å². The first-order chi connectivity index (χ1) is 52.5. The maximum atomic E-state index is 15.6. The summed E-state index contributed by atoms with van der Waals surface area (Å²) in [5, 5.41) is 21.3. The Balaban J connectivity index is 1.33. The molecule has 4 aromatic rings. The number of carboxylic acids is 1. The number of para-hydroxylation sites is 1. The number of carbonyl (C=O) groups is 10. The van der Waals surface area contributed by atoms with Gasteiger partial charge in [-0.25, -0.2) is 18.4 Å². The van der Waals surface area contributed by atoms with Crippen molar-refractivity contribution in [3.8, 4) is 11.5 Å². The normalized spacial score (nSPS) is 12.9. The second kappa shape index (κ2) is 48.7. The summed E-state index contributed by atoms with van der Waals surface area (Å²) >= 11 is 1.41. The largest absolute Gasteiger partial charge is 0.480 e. The van der Waals surface area contributed by atoms with Crippen LogP contribution in [0.15, 0.2) is 108 Å². The molecule has 0 aromatic heterocycles. The summed E-state index contributed by atoms with van der Waals surface area (Å²) in [6, 6.07) is 28.7. The number of rotatable bonds is 52. The van der Waals surface area contributed by atoms with Gasteiger partial charge in [0.2, 0.25) is 70.0 Å². The molecule has 9 amide bonds. The zero-order valence-electron chi connectivity index (χ0n) is 63.2. The summed E-state index contributed by atoms with van der Waals surface area (Å²) in [6.45, 7) is -3.64. The number of fused-ring (bicyclic) bond motifs is 1. The van der Waals surface area contributed by atoms with E-state index in [1.54, 1.807) is 24.5 Å². The van der Waals surface area contributed by atoms with E-state index in [1.807, 2.05) is 60.7 Å². The van der Waals surface area contributed by atoms with Crippen molar-refractivity contribution >= 4 is 80.9 Å². The molecule has 2 aliphatic rings. The number of hydrogen-bond donors (Lipinski definition) is 8. The highest BCUT2D eigenvalue weighted by Crippen LogP contribution is 2.36. The third kappa shape index (κ3) is 32.0. The third-order valence-corrected chi connectivity index (χ3v) is 20.7. The summed E-state index contributed by atoms with van der Waals surface area (Å²) in [7, 11) is -4.10. The molecule has 0 saturated heterocycles. The number of nitrogens with zero attached hydrogens (tertiary/aromatic N) is 8. The van der Waals surface area contributed by atoms with E-state index in [0.29, 0.717) is 99.1 Å². The number of amides is 9.